The Balaban J connectivity index is 2.11. The van der Waals surface area contributed by atoms with Crippen LogP contribution in [0, 0.1) is 0 Å². The maximum atomic E-state index is 5.40. The largest absolute Gasteiger partial charge is 0.497 e. The Hall–Kier alpha value is -0.870. The second-order valence-electron chi connectivity index (χ2n) is 4.11. The smallest absolute Gasteiger partial charge is 0.122 e. The van der Waals surface area contributed by atoms with E-state index >= 15 is 0 Å². The molecule has 1 atom stereocenters. The molecule has 1 aromatic rings. The number of rotatable bonds is 4. The van der Waals surface area contributed by atoms with Crippen molar-refractivity contribution in [2.75, 3.05) is 32.3 Å². The van der Waals surface area contributed by atoms with Crippen LogP contribution in [0.2, 0.25) is 0 Å². The number of hydrogen-bond donors (Lipinski definition) is 1. The highest BCUT2D eigenvalue weighted by atomic mass is 32.2. The third-order valence-corrected chi connectivity index (χ3v) is 4.08. The topological polar surface area (TPSA) is 30.5 Å². The lowest BCUT2D eigenvalue weighted by Crippen LogP contribution is -2.38. The van der Waals surface area contributed by atoms with Crippen LogP contribution in [-0.2, 0) is 6.42 Å². The summed E-state index contributed by atoms with van der Waals surface area (Å²) in [6, 6.07) is 6.52. The SMILES string of the molecule is COc1ccc(OC)c(CC2CSCCN2)c1. The molecule has 1 fully saturated rings. The minimum Gasteiger partial charge on any atom is -0.497 e. The maximum Gasteiger partial charge on any atom is 0.122 e. The van der Waals surface area contributed by atoms with Crippen LogP contribution in [0.5, 0.6) is 11.5 Å². The molecule has 0 aromatic heterocycles. The Morgan fingerprint density at radius 1 is 1.35 bits per heavy atom. The zero-order valence-electron chi connectivity index (χ0n) is 10.4. The zero-order chi connectivity index (χ0) is 12.1. The van der Waals surface area contributed by atoms with Gasteiger partial charge < -0.3 is 14.8 Å². The zero-order valence-corrected chi connectivity index (χ0v) is 11.2. The van der Waals surface area contributed by atoms with E-state index in [1.54, 1.807) is 14.2 Å². The average molecular weight is 253 g/mol. The Bertz CT molecular complexity index is 364. The van der Waals surface area contributed by atoms with Crippen molar-refractivity contribution in [3.63, 3.8) is 0 Å². The molecule has 0 spiro atoms. The Kier molecular flexibility index (Phi) is 4.57. The summed E-state index contributed by atoms with van der Waals surface area (Å²) in [4.78, 5) is 0. The van der Waals surface area contributed by atoms with Crippen molar-refractivity contribution >= 4 is 11.8 Å². The highest BCUT2D eigenvalue weighted by Gasteiger charge is 2.16. The first-order valence-electron chi connectivity index (χ1n) is 5.85. The predicted molar refractivity (Wildman–Crippen MR) is 72.4 cm³/mol. The Labute approximate surface area is 107 Å². The van der Waals surface area contributed by atoms with E-state index in [1.165, 1.54) is 17.1 Å². The van der Waals surface area contributed by atoms with Gasteiger partial charge in [0.2, 0.25) is 0 Å². The van der Waals surface area contributed by atoms with E-state index in [9.17, 15) is 0 Å². The number of ether oxygens (including phenoxy) is 2. The van der Waals surface area contributed by atoms with Gasteiger partial charge in [0.25, 0.3) is 0 Å². The Morgan fingerprint density at radius 2 is 2.24 bits per heavy atom. The molecule has 17 heavy (non-hydrogen) atoms. The molecule has 94 valence electrons. The molecule has 0 bridgehead atoms. The van der Waals surface area contributed by atoms with Crippen molar-refractivity contribution in [2.45, 2.75) is 12.5 Å². The number of benzene rings is 1. The summed E-state index contributed by atoms with van der Waals surface area (Å²) in [5.74, 6) is 4.22. The van der Waals surface area contributed by atoms with Gasteiger partial charge in [0.15, 0.2) is 0 Å². The van der Waals surface area contributed by atoms with E-state index in [2.05, 4.69) is 11.4 Å². The summed E-state index contributed by atoms with van der Waals surface area (Å²) >= 11 is 2.01. The molecule has 1 aliphatic heterocycles. The van der Waals surface area contributed by atoms with Gasteiger partial charge >= 0.3 is 0 Å². The van der Waals surface area contributed by atoms with E-state index in [-0.39, 0.29) is 0 Å². The molecule has 1 saturated heterocycles. The van der Waals surface area contributed by atoms with Crippen molar-refractivity contribution < 1.29 is 9.47 Å². The molecule has 4 heteroatoms. The normalized spacial score (nSPS) is 20.0. The van der Waals surface area contributed by atoms with Gasteiger partial charge in [0.1, 0.15) is 11.5 Å². The summed E-state index contributed by atoms with van der Waals surface area (Å²) in [6.07, 6.45) is 0.993. The van der Waals surface area contributed by atoms with Crippen LogP contribution in [-0.4, -0.2) is 38.3 Å². The minimum atomic E-state index is 0.537. The predicted octanol–water partition coefficient (Wildman–Crippen LogP) is 1.95. The molecule has 1 aromatic carbocycles. The van der Waals surface area contributed by atoms with E-state index in [0.29, 0.717) is 6.04 Å². The standard InChI is InChI=1S/C13H19NO2S/c1-15-12-3-4-13(16-2)10(8-12)7-11-9-17-6-5-14-11/h3-4,8,11,14H,5-7,9H2,1-2H3. The van der Waals surface area contributed by atoms with E-state index in [1.807, 2.05) is 23.9 Å². The van der Waals surface area contributed by atoms with Crippen molar-refractivity contribution in [2.24, 2.45) is 0 Å². The molecule has 0 amide bonds. The van der Waals surface area contributed by atoms with Crippen LogP contribution in [0.25, 0.3) is 0 Å². The fourth-order valence-corrected chi connectivity index (χ4v) is 3.01. The van der Waals surface area contributed by atoms with Gasteiger partial charge in [0, 0.05) is 24.1 Å². The molecule has 3 nitrogen and oxygen atoms in total. The van der Waals surface area contributed by atoms with Crippen LogP contribution < -0.4 is 14.8 Å². The summed E-state index contributed by atoms with van der Waals surface area (Å²) in [5.41, 5.74) is 1.21. The third-order valence-electron chi connectivity index (χ3n) is 2.95. The van der Waals surface area contributed by atoms with Crippen LogP contribution in [0.4, 0.5) is 0 Å². The van der Waals surface area contributed by atoms with Crippen LogP contribution in [0.3, 0.4) is 0 Å². The molecular formula is C13H19NO2S. The van der Waals surface area contributed by atoms with Gasteiger partial charge in [-0.3, -0.25) is 0 Å². The minimum absolute atomic E-state index is 0.537. The van der Waals surface area contributed by atoms with Crippen LogP contribution in [0.15, 0.2) is 18.2 Å². The van der Waals surface area contributed by atoms with E-state index in [4.69, 9.17) is 9.47 Å². The molecule has 0 aliphatic carbocycles. The lowest BCUT2D eigenvalue weighted by Gasteiger charge is -2.24. The Morgan fingerprint density at radius 3 is 2.88 bits per heavy atom. The summed E-state index contributed by atoms with van der Waals surface area (Å²) in [5, 5.41) is 3.54. The molecule has 1 N–H and O–H groups in total. The number of thioether (sulfide) groups is 1. The second-order valence-corrected chi connectivity index (χ2v) is 5.26. The summed E-state index contributed by atoms with van der Waals surface area (Å²) in [6.45, 7) is 1.10. The van der Waals surface area contributed by atoms with E-state index < -0.39 is 0 Å². The van der Waals surface area contributed by atoms with Gasteiger partial charge in [-0.25, -0.2) is 0 Å². The van der Waals surface area contributed by atoms with Gasteiger partial charge in [-0.05, 0) is 30.2 Å². The first-order valence-corrected chi connectivity index (χ1v) is 7.01. The highest BCUT2D eigenvalue weighted by molar-refractivity contribution is 7.99. The second kappa shape index (κ2) is 6.17. The van der Waals surface area contributed by atoms with E-state index in [0.717, 1.165) is 24.5 Å². The molecule has 0 saturated carbocycles. The third kappa shape index (κ3) is 3.30. The van der Waals surface area contributed by atoms with Crippen molar-refractivity contribution in [3.05, 3.63) is 23.8 Å². The van der Waals surface area contributed by atoms with Crippen molar-refractivity contribution in [1.29, 1.82) is 0 Å². The maximum absolute atomic E-state index is 5.40. The number of hydrogen-bond acceptors (Lipinski definition) is 4. The monoisotopic (exact) mass is 253 g/mol. The van der Waals surface area contributed by atoms with Gasteiger partial charge in [-0.2, -0.15) is 11.8 Å². The van der Waals surface area contributed by atoms with Crippen molar-refractivity contribution in [3.8, 4) is 11.5 Å². The quantitative estimate of drug-likeness (QED) is 0.888. The fraction of sp³-hybridized carbons (Fsp3) is 0.538. The highest BCUT2D eigenvalue weighted by Crippen LogP contribution is 2.26. The van der Waals surface area contributed by atoms with Gasteiger partial charge in [-0.15, -0.1) is 0 Å². The summed E-state index contributed by atoms with van der Waals surface area (Å²) < 4.78 is 10.7. The van der Waals surface area contributed by atoms with Gasteiger partial charge in [0.05, 0.1) is 14.2 Å². The average Bonchev–Trinajstić information content (AvgIpc) is 2.40. The molecular weight excluding hydrogens is 234 g/mol. The van der Waals surface area contributed by atoms with Gasteiger partial charge in [-0.1, -0.05) is 0 Å². The number of methoxy groups -OCH3 is 2. The van der Waals surface area contributed by atoms with Crippen LogP contribution in [0.1, 0.15) is 5.56 Å². The molecule has 0 radical (unpaired) electrons. The number of nitrogens with one attached hydrogen (secondary N) is 1. The first kappa shape index (κ1) is 12.6. The molecule has 1 heterocycles. The van der Waals surface area contributed by atoms with Crippen molar-refractivity contribution in [1.82, 2.24) is 5.32 Å². The van der Waals surface area contributed by atoms with Crippen LogP contribution >= 0.6 is 11.8 Å². The first-order chi connectivity index (χ1) is 8.33. The molecule has 1 unspecified atom stereocenters. The lowest BCUT2D eigenvalue weighted by atomic mass is 10.1. The summed E-state index contributed by atoms with van der Waals surface area (Å²) in [7, 11) is 3.41. The lowest BCUT2D eigenvalue weighted by molar-refractivity contribution is 0.396. The fourth-order valence-electron chi connectivity index (χ4n) is 2.06. The molecule has 1 aliphatic rings. The molecule has 2 rings (SSSR count).